The maximum atomic E-state index is 13.1. The molecule has 130 valence electrons. The Labute approximate surface area is 137 Å². The number of carbonyl (C=O) groups is 1. The number of aryl methyl sites for hydroxylation is 2. The fourth-order valence-corrected chi connectivity index (χ4v) is 3.52. The number of hydrogen-bond donors (Lipinski definition) is 1. The second-order valence-electron chi connectivity index (χ2n) is 5.12. The molecule has 0 saturated heterocycles. The van der Waals surface area contributed by atoms with Crippen LogP contribution in [-0.4, -0.2) is 37.4 Å². The van der Waals surface area contributed by atoms with Crippen LogP contribution in [-0.2, 0) is 14.8 Å². The van der Waals surface area contributed by atoms with E-state index in [0.717, 1.165) is 16.4 Å². The van der Waals surface area contributed by atoms with Gasteiger partial charge in [-0.2, -0.15) is 4.31 Å². The molecule has 1 aromatic carbocycles. The van der Waals surface area contributed by atoms with E-state index in [1.165, 1.54) is 20.9 Å². The molecule has 24 heavy (non-hydrogen) atoms. The molecule has 2 rings (SSSR count). The van der Waals surface area contributed by atoms with E-state index < -0.39 is 34.1 Å². The van der Waals surface area contributed by atoms with Crippen LogP contribution >= 0.6 is 0 Å². The van der Waals surface area contributed by atoms with Gasteiger partial charge in [0, 0.05) is 18.8 Å². The summed E-state index contributed by atoms with van der Waals surface area (Å²) in [6, 6.07) is 2.50. The SMILES string of the molecule is Cc1noc(C)c1S(=O)(=O)N(C)CC(=O)Nc1cc(F)cc(F)c1. The molecule has 0 unspecified atom stereocenters. The molecule has 0 aliphatic heterocycles. The van der Waals surface area contributed by atoms with Gasteiger partial charge in [0.2, 0.25) is 15.9 Å². The van der Waals surface area contributed by atoms with Gasteiger partial charge in [-0.05, 0) is 26.0 Å². The zero-order valence-corrected chi connectivity index (χ0v) is 13.9. The average Bonchev–Trinajstić information content (AvgIpc) is 2.77. The monoisotopic (exact) mass is 359 g/mol. The number of hydrogen-bond acceptors (Lipinski definition) is 5. The highest BCUT2D eigenvalue weighted by Crippen LogP contribution is 2.22. The Morgan fingerprint density at radius 3 is 2.33 bits per heavy atom. The number of aromatic nitrogens is 1. The number of benzene rings is 1. The number of nitrogens with one attached hydrogen (secondary N) is 1. The lowest BCUT2D eigenvalue weighted by molar-refractivity contribution is -0.116. The van der Waals surface area contributed by atoms with E-state index in [9.17, 15) is 22.0 Å². The summed E-state index contributed by atoms with van der Waals surface area (Å²) in [5, 5.41) is 5.80. The first kappa shape index (κ1) is 18.0. The van der Waals surface area contributed by atoms with Gasteiger partial charge >= 0.3 is 0 Å². The van der Waals surface area contributed by atoms with Gasteiger partial charge in [-0.25, -0.2) is 17.2 Å². The molecular weight excluding hydrogens is 344 g/mol. The Bertz CT molecular complexity index is 840. The lowest BCUT2D eigenvalue weighted by Gasteiger charge is -2.16. The summed E-state index contributed by atoms with van der Waals surface area (Å²) < 4.78 is 56.7. The van der Waals surface area contributed by atoms with Gasteiger partial charge in [-0.15, -0.1) is 0 Å². The normalized spacial score (nSPS) is 11.8. The van der Waals surface area contributed by atoms with Crippen molar-refractivity contribution < 1.29 is 26.5 Å². The summed E-state index contributed by atoms with van der Waals surface area (Å²) >= 11 is 0. The van der Waals surface area contributed by atoms with Crippen molar-refractivity contribution in [2.45, 2.75) is 18.7 Å². The molecule has 1 N–H and O–H groups in total. The highest BCUT2D eigenvalue weighted by Gasteiger charge is 2.29. The van der Waals surface area contributed by atoms with Crippen molar-refractivity contribution in [1.82, 2.24) is 9.46 Å². The molecule has 0 aliphatic rings. The number of halogens is 2. The number of anilines is 1. The first-order valence-corrected chi connectivity index (χ1v) is 8.20. The second-order valence-corrected chi connectivity index (χ2v) is 7.10. The Morgan fingerprint density at radius 1 is 1.25 bits per heavy atom. The predicted molar refractivity (Wildman–Crippen MR) is 80.8 cm³/mol. The predicted octanol–water partition coefficient (Wildman–Crippen LogP) is 1.83. The van der Waals surface area contributed by atoms with Crippen molar-refractivity contribution in [3.63, 3.8) is 0 Å². The summed E-state index contributed by atoms with van der Waals surface area (Å²) in [6.07, 6.45) is 0. The van der Waals surface area contributed by atoms with Crippen molar-refractivity contribution in [3.05, 3.63) is 41.3 Å². The third-order valence-electron chi connectivity index (χ3n) is 3.15. The third kappa shape index (κ3) is 3.77. The first-order chi connectivity index (χ1) is 11.1. The van der Waals surface area contributed by atoms with Crippen LogP contribution < -0.4 is 5.32 Å². The molecule has 0 aliphatic carbocycles. The highest BCUT2D eigenvalue weighted by molar-refractivity contribution is 7.89. The zero-order valence-electron chi connectivity index (χ0n) is 13.1. The standard InChI is InChI=1S/C14H15F2N3O4S/c1-8-14(9(2)23-18-8)24(21,22)19(3)7-13(20)17-12-5-10(15)4-11(16)6-12/h4-6H,7H2,1-3H3,(H,17,20). The number of rotatable bonds is 5. The van der Waals surface area contributed by atoms with Crippen LogP contribution in [0.25, 0.3) is 0 Å². The Kier molecular flexibility index (Phi) is 4.99. The summed E-state index contributed by atoms with van der Waals surface area (Å²) in [4.78, 5) is 11.8. The number of likely N-dealkylation sites (N-methyl/N-ethyl adjacent to an activating group) is 1. The summed E-state index contributed by atoms with van der Waals surface area (Å²) in [7, 11) is -2.79. The molecule has 10 heteroatoms. The highest BCUT2D eigenvalue weighted by atomic mass is 32.2. The molecule has 0 spiro atoms. The quantitative estimate of drug-likeness (QED) is 0.879. The largest absolute Gasteiger partial charge is 0.360 e. The first-order valence-electron chi connectivity index (χ1n) is 6.76. The van der Waals surface area contributed by atoms with E-state index in [-0.39, 0.29) is 22.0 Å². The molecule has 0 atom stereocenters. The van der Waals surface area contributed by atoms with Gasteiger partial charge in [-0.3, -0.25) is 4.79 Å². The van der Waals surface area contributed by atoms with Crippen molar-refractivity contribution in [2.24, 2.45) is 0 Å². The van der Waals surface area contributed by atoms with E-state index in [0.29, 0.717) is 6.07 Å². The smallest absolute Gasteiger partial charge is 0.248 e. The van der Waals surface area contributed by atoms with Crippen LogP contribution in [0.5, 0.6) is 0 Å². The van der Waals surface area contributed by atoms with Crippen molar-refractivity contribution in [1.29, 1.82) is 0 Å². The van der Waals surface area contributed by atoms with E-state index in [4.69, 9.17) is 4.52 Å². The molecule has 1 aromatic heterocycles. The molecule has 0 radical (unpaired) electrons. The molecule has 1 heterocycles. The Morgan fingerprint density at radius 2 is 1.83 bits per heavy atom. The Hall–Kier alpha value is -2.33. The van der Waals surface area contributed by atoms with Crippen LogP contribution in [0, 0.1) is 25.5 Å². The van der Waals surface area contributed by atoms with Gasteiger partial charge < -0.3 is 9.84 Å². The lowest BCUT2D eigenvalue weighted by Crippen LogP contribution is -2.35. The average molecular weight is 359 g/mol. The number of amides is 1. The van der Waals surface area contributed by atoms with Crippen LogP contribution in [0.1, 0.15) is 11.5 Å². The number of carbonyl (C=O) groups excluding carboxylic acids is 1. The van der Waals surface area contributed by atoms with Crippen LogP contribution in [0.4, 0.5) is 14.5 Å². The van der Waals surface area contributed by atoms with Gasteiger partial charge in [0.1, 0.15) is 22.2 Å². The van der Waals surface area contributed by atoms with E-state index in [2.05, 4.69) is 10.5 Å². The fourth-order valence-electron chi connectivity index (χ4n) is 2.11. The molecule has 7 nitrogen and oxygen atoms in total. The van der Waals surface area contributed by atoms with Gasteiger partial charge in [0.25, 0.3) is 0 Å². The maximum Gasteiger partial charge on any atom is 0.248 e. The Balaban J connectivity index is 2.14. The number of nitrogens with zero attached hydrogens (tertiary/aromatic N) is 2. The van der Waals surface area contributed by atoms with Crippen molar-refractivity contribution >= 4 is 21.6 Å². The third-order valence-corrected chi connectivity index (χ3v) is 5.20. The van der Waals surface area contributed by atoms with Crippen molar-refractivity contribution in [3.8, 4) is 0 Å². The summed E-state index contributed by atoms with van der Waals surface area (Å²) in [6.45, 7) is 2.35. The topological polar surface area (TPSA) is 92.5 Å². The second kappa shape index (κ2) is 6.65. The van der Waals surface area contributed by atoms with Crippen LogP contribution in [0.15, 0.2) is 27.6 Å². The molecular formula is C14H15F2N3O4S. The minimum Gasteiger partial charge on any atom is -0.360 e. The zero-order chi connectivity index (χ0) is 18.1. The van der Waals surface area contributed by atoms with Gasteiger partial charge in [0.05, 0.1) is 6.54 Å². The summed E-state index contributed by atoms with van der Waals surface area (Å²) in [5.74, 6) is -2.37. The molecule has 0 bridgehead atoms. The summed E-state index contributed by atoms with van der Waals surface area (Å²) in [5.41, 5.74) is 0.0626. The van der Waals surface area contributed by atoms with E-state index in [1.807, 2.05) is 0 Å². The van der Waals surface area contributed by atoms with Crippen molar-refractivity contribution in [2.75, 3.05) is 18.9 Å². The fraction of sp³-hybridized carbons (Fsp3) is 0.286. The molecule has 0 fully saturated rings. The van der Waals surface area contributed by atoms with Gasteiger partial charge in [0.15, 0.2) is 5.76 Å². The van der Waals surface area contributed by atoms with Gasteiger partial charge in [-0.1, -0.05) is 5.16 Å². The molecule has 1 amide bonds. The van der Waals surface area contributed by atoms with E-state index in [1.54, 1.807) is 0 Å². The van der Waals surface area contributed by atoms with Crippen LogP contribution in [0.2, 0.25) is 0 Å². The molecule has 2 aromatic rings. The number of sulfonamides is 1. The maximum absolute atomic E-state index is 13.1. The molecule has 0 saturated carbocycles. The minimum atomic E-state index is -3.99. The van der Waals surface area contributed by atoms with Crippen LogP contribution in [0.3, 0.4) is 0 Å². The minimum absolute atomic E-state index is 0.104. The van der Waals surface area contributed by atoms with E-state index >= 15 is 0 Å². The lowest BCUT2D eigenvalue weighted by atomic mass is 10.3.